The van der Waals surface area contributed by atoms with Crippen molar-refractivity contribution in [2.45, 2.75) is 50.1 Å². The molecule has 2 nitrogen and oxygen atoms in total. The molecule has 2 aliphatic carbocycles. The summed E-state index contributed by atoms with van der Waals surface area (Å²) in [6, 6.07) is 7.71. The molecule has 1 heterocycles. The van der Waals surface area contributed by atoms with E-state index in [-0.39, 0.29) is 8.88 Å². The van der Waals surface area contributed by atoms with Crippen molar-refractivity contribution in [3.05, 3.63) is 82.2 Å². The largest absolute Gasteiger partial charge is 0.416 e. The molecule has 0 N–H and O–H groups in total. The summed E-state index contributed by atoms with van der Waals surface area (Å²) in [5.74, 6) is 0. The number of fused-ring (bicyclic) bond motifs is 2. The second kappa shape index (κ2) is 7.16. The van der Waals surface area contributed by atoms with E-state index in [0.717, 1.165) is 12.1 Å². The first-order valence-corrected chi connectivity index (χ1v) is 10.9. The molecule has 0 aromatic heterocycles. The molecule has 0 unspecified atom stereocenters. The third-order valence-electron chi connectivity index (χ3n) is 6.33. The molecular formula is C22H19F6N2P. The molecule has 9 heteroatoms. The van der Waals surface area contributed by atoms with Crippen molar-refractivity contribution in [1.82, 2.24) is 9.34 Å². The summed E-state index contributed by atoms with van der Waals surface area (Å²) in [6.45, 7) is 0. The Bertz CT molecular complexity index is 964. The first-order chi connectivity index (χ1) is 14.6. The Morgan fingerprint density at radius 3 is 1.48 bits per heavy atom. The Morgan fingerprint density at radius 2 is 1.10 bits per heavy atom. The van der Waals surface area contributed by atoms with Gasteiger partial charge in [-0.1, -0.05) is 24.3 Å². The Morgan fingerprint density at radius 1 is 0.677 bits per heavy atom. The first kappa shape index (κ1) is 20.7. The number of aryl methyl sites for hydroxylation is 2. The van der Waals surface area contributed by atoms with Gasteiger partial charge < -0.3 is 9.34 Å². The minimum atomic E-state index is -4.44. The summed E-state index contributed by atoms with van der Waals surface area (Å²) < 4.78 is 85.3. The van der Waals surface area contributed by atoms with Crippen molar-refractivity contribution in [3.8, 4) is 0 Å². The van der Waals surface area contributed by atoms with E-state index in [0.29, 0.717) is 47.9 Å². The minimum absolute atomic E-state index is 0.0367. The number of nitrogens with zero attached hydrogens (tertiary/aromatic N) is 2. The highest BCUT2D eigenvalue weighted by atomic mass is 31.1. The van der Waals surface area contributed by atoms with Crippen molar-refractivity contribution in [3.63, 3.8) is 0 Å². The average Bonchev–Trinajstić information content (AvgIpc) is 3.42. The second-order valence-electron chi connectivity index (χ2n) is 8.07. The molecule has 0 bridgehead atoms. The molecular weight excluding hydrogens is 437 g/mol. The van der Waals surface area contributed by atoms with Gasteiger partial charge in [-0.3, -0.25) is 0 Å². The second-order valence-corrected chi connectivity index (χ2v) is 9.31. The number of benzene rings is 2. The van der Waals surface area contributed by atoms with Gasteiger partial charge in [0.15, 0.2) is 0 Å². The van der Waals surface area contributed by atoms with Crippen LogP contribution in [-0.4, -0.2) is 9.34 Å². The smallest absolute Gasteiger partial charge is 0.334 e. The molecule has 2 atom stereocenters. The van der Waals surface area contributed by atoms with E-state index >= 15 is 0 Å². The third-order valence-corrected chi connectivity index (χ3v) is 7.72. The monoisotopic (exact) mass is 456 g/mol. The molecule has 5 rings (SSSR count). The van der Waals surface area contributed by atoms with Crippen LogP contribution in [0.4, 0.5) is 26.3 Å². The Kier molecular flexibility index (Phi) is 4.77. The fourth-order valence-electron chi connectivity index (χ4n) is 5.06. The van der Waals surface area contributed by atoms with E-state index in [1.54, 1.807) is 24.5 Å². The molecule has 0 spiro atoms. The lowest BCUT2D eigenvalue weighted by Crippen LogP contribution is -2.20. The molecule has 2 aromatic rings. The first-order valence-electron chi connectivity index (χ1n) is 10.0. The van der Waals surface area contributed by atoms with Gasteiger partial charge in [0.1, 0.15) is 0 Å². The number of hydrogen-bond donors (Lipinski definition) is 0. The fourth-order valence-corrected chi connectivity index (χ4v) is 6.39. The van der Waals surface area contributed by atoms with Gasteiger partial charge in [0, 0.05) is 12.4 Å². The lowest BCUT2D eigenvalue weighted by atomic mass is 10.0. The zero-order valence-corrected chi connectivity index (χ0v) is 17.3. The quantitative estimate of drug-likeness (QED) is 0.355. The maximum Gasteiger partial charge on any atom is 0.416 e. The third kappa shape index (κ3) is 3.49. The van der Waals surface area contributed by atoms with Gasteiger partial charge in [-0.05, 0) is 60.1 Å². The lowest BCUT2D eigenvalue weighted by molar-refractivity contribution is -0.139. The van der Waals surface area contributed by atoms with Gasteiger partial charge in [-0.25, -0.2) is 0 Å². The molecule has 164 valence electrons. The van der Waals surface area contributed by atoms with Crippen LogP contribution in [0, 0.1) is 0 Å². The fraction of sp³-hybridized carbons (Fsp3) is 0.364. The molecule has 0 fully saturated rings. The van der Waals surface area contributed by atoms with E-state index in [1.807, 2.05) is 9.34 Å². The van der Waals surface area contributed by atoms with Crippen LogP contribution >= 0.6 is 8.88 Å². The number of halogens is 6. The van der Waals surface area contributed by atoms with Crippen molar-refractivity contribution < 1.29 is 26.3 Å². The molecule has 1 aliphatic heterocycles. The van der Waals surface area contributed by atoms with Gasteiger partial charge >= 0.3 is 12.4 Å². The zero-order chi connectivity index (χ0) is 22.0. The van der Waals surface area contributed by atoms with Crippen LogP contribution in [0.1, 0.15) is 58.3 Å². The van der Waals surface area contributed by atoms with Crippen LogP contribution in [-0.2, 0) is 25.2 Å². The van der Waals surface area contributed by atoms with Gasteiger partial charge in [0.2, 0.25) is 0 Å². The number of rotatable bonds is 2. The van der Waals surface area contributed by atoms with Gasteiger partial charge in [0.25, 0.3) is 0 Å². The standard InChI is InChI=1S/C22H19F6N2P/c23-21(24,25)15-5-1-3-13-7-9-17(19(13)15)29-11-12-30(31-29)18-10-8-14-4-2-6-16(20(14)18)22(26,27)28/h1-6,11-12,17-18,31H,7-10H2/t17-,18-/m0/s1. The lowest BCUT2D eigenvalue weighted by Gasteiger charge is -2.32. The molecule has 0 saturated heterocycles. The number of alkyl halides is 6. The highest BCUT2D eigenvalue weighted by molar-refractivity contribution is 7.33. The van der Waals surface area contributed by atoms with Crippen molar-refractivity contribution in [2.24, 2.45) is 0 Å². The van der Waals surface area contributed by atoms with Crippen LogP contribution in [0.2, 0.25) is 0 Å². The van der Waals surface area contributed by atoms with Crippen molar-refractivity contribution in [2.75, 3.05) is 0 Å². The maximum absolute atomic E-state index is 13.6. The normalized spacial score (nSPS) is 22.9. The Hall–Kier alpha value is -2.21. The van der Waals surface area contributed by atoms with Gasteiger partial charge in [-0.15, -0.1) is 0 Å². The summed E-state index contributed by atoms with van der Waals surface area (Å²) in [5, 5.41) is 0. The highest BCUT2D eigenvalue weighted by Gasteiger charge is 2.43. The van der Waals surface area contributed by atoms with Crippen LogP contribution in [0.3, 0.4) is 0 Å². The van der Waals surface area contributed by atoms with E-state index in [4.69, 9.17) is 0 Å². The van der Waals surface area contributed by atoms with Gasteiger partial charge in [0.05, 0.1) is 32.1 Å². The summed E-state index contributed by atoms with van der Waals surface area (Å²) in [5.41, 5.74) is 0.766. The van der Waals surface area contributed by atoms with Gasteiger partial charge in [-0.2, -0.15) is 26.3 Å². The topological polar surface area (TPSA) is 6.48 Å². The molecule has 31 heavy (non-hydrogen) atoms. The molecule has 0 saturated carbocycles. The van der Waals surface area contributed by atoms with Crippen LogP contribution in [0.5, 0.6) is 0 Å². The predicted octanol–water partition coefficient (Wildman–Crippen LogP) is 7.00. The van der Waals surface area contributed by atoms with Crippen molar-refractivity contribution >= 4 is 8.88 Å². The zero-order valence-electron chi connectivity index (χ0n) is 16.3. The number of hydrogen-bond acceptors (Lipinski definition) is 2. The molecule has 3 aliphatic rings. The van der Waals surface area contributed by atoms with Crippen molar-refractivity contribution in [1.29, 1.82) is 0 Å². The van der Waals surface area contributed by atoms with Crippen LogP contribution in [0.15, 0.2) is 48.8 Å². The van der Waals surface area contributed by atoms with E-state index < -0.39 is 35.6 Å². The SMILES string of the molecule is FC(F)(F)c1cccc2c1[C@@H](N1C=CN([C@H]3CCc4cccc(C(F)(F)F)c43)P1)CC2. The summed E-state index contributed by atoms with van der Waals surface area (Å²) >= 11 is 0. The van der Waals surface area contributed by atoms with Crippen LogP contribution in [0.25, 0.3) is 0 Å². The Labute approximate surface area is 177 Å². The van der Waals surface area contributed by atoms with Crippen LogP contribution < -0.4 is 0 Å². The average molecular weight is 456 g/mol. The molecule has 0 amide bonds. The summed E-state index contributed by atoms with van der Waals surface area (Å²) in [6.07, 6.45) is -3.17. The Balaban J connectivity index is 1.43. The molecule has 0 radical (unpaired) electrons. The summed E-state index contributed by atoms with van der Waals surface area (Å²) in [7, 11) is -0.0367. The van der Waals surface area contributed by atoms with E-state index in [2.05, 4.69) is 0 Å². The minimum Gasteiger partial charge on any atom is -0.334 e. The highest BCUT2D eigenvalue weighted by Crippen LogP contribution is 2.54. The maximum atomic E-state index is 13.6. The van der Waals surface area contributed by atoms with E-state index in [1.165, 1.54) is 12.1 Å². The molecule has 2 aromatic carbocycles. The summed E-state index contributed by atoms with van der Waals surface area (Å²) in [4.78, 5) is 0. The van der Waals surface area contributed by atoms with E-state index in [9.17, 15) is 26.3 Å². The predicted molar refractivity (Wildman–Crippen MR) is 106 cm³/mol.